The molecular formula is C6H10ClN3O. The molecule has 0 aliphatic carbocycles. The van der Waals surface area contributed by atoms with Crippen LogP contribution in [0.2, 0.25) is 0 Å². The number of hydrogen-bond donors (Lipinski definition) is 0. The van der Waals surface area contributed by atoms with Gasteiger partial charge >= 0.3 is 0 Å². The van der Waals surface area contributed by atoms with E-state index in [0.717, 1.165) is 12.2 Å². The van der Waals surface area contributed by atoms with E-state index in [1.165, 1.54) is 0 Å². The number of rotatable bonds is 4. The minimum atomic E-state index is 0.410. The summed E-state index contributed by atoms with van der Waals surface area (Å²) in [7, 11) is 1.65. The van der Waals surface area contributed by atoms with Crippen molar-refractivity contribution >= 4 is 11.6 Å². The minimum Gasteiger partial charge on any atom is -0.383 e. The molecule has 5 heteroatoms. The summed E-state index contributed by atoms with van der Waals surface area (Å²) in [5.41, 5.74) is 0.794. The summed E-state index contributed by atoms with van der Waals surface area (Å²) in [6, 6.07) is 0. The van der Waals surface area contributed by atoms with Crippen LogP contribution in [0.25, 0.3) is 0 Å². The second-order valence-electron chi connectivity index (χ2n) is 2.10. The first-order valence-electron chi connectivity index (χ1n) is 3.30. The molecular weight excluding hydrogens is 166 g/mol. The topological polar surface area (TPSA) is 39.9 Å². The van der Waals surface area contributed by atoms with Gasteiger partial charge in [-0.05, 0) is 0 Å². The number of ether oxygens (including phenoxy) is 1. The third-order valence-electron chi connectivity index (χ3n) is 1.25. The number of nitrogens with zero attached hydrogens (tertiary/aromatic N) is 3. The first kappa shape index (κ1) is 8.49. The summed E-state index contributed by atoms with van der Waals surface area (Å²) < 4.78 is 6.58. The van der Waals surface area contributed by atoms with Gasteiger partial charge in [-0.25, -0.2) is 4.68 Å². The SMILES string of the molecule is COCCn1cc(CCl)nn1. The van der Waals surface area contributed by atoms with E-state index >= 15 is 0 Å². The van der Waals surface area contributed by atoms with Crippen molar-refractivity contribution in [1.29, 1.82) is 0 Å². The first-order chi connectivity index (χ1) is 5.36. The van der Waals surface area contributed by atoms with Crippen LogP contribution in [0.15, 0.2) is 6.20 Å². The summed E-state index contributed by atoms with van der Waals surface area (Å²) in [6.07, 6.45) is 1.81. The molecule has 1 rings (SSSR count). The van der Waals surface area contributed by atoms with Gasteiger partial charge in [-0.2, -0.15) is 0 Å². The van der Waals surface area contributed by atoms with Crippen LogP contribution in [-0.2, 0) is 17.2 Å². The molecule has 0 aliphatic rings. The van der Waals surface area contributed by atoms with Crippen LogP contribution in [0.5, 0.6) is 0 Å². The molecule has 0 bridgehead atoms. The Kier molecular flexibility index (Phi) is 3.32. The number of alkyl halides is 1. The Labute approximate surface area is 70.1 Å². The van der Waals surface area contributed by atoms with E-state index in [1.54, 1.807) is 11.8 Å². The highest BCUT2D eigenvalue weighted by Gasteiger charge is 1.96. The van der Waals surface area contributed by atoms with E-state index in [2.05, 4.69) is 10.3 Å². The molecule has 0 amide bonds. The van der Waals surface area contributed by atoms with Crippen molar-refractivity contribution in [1.82, 2.24) is 15.0 Å². The highest BCUT2D eigenvalue weighted by Crippen LogP contribution is 1.96. The van der Waals surface area contributed by atoms with Gasteiger partial charge in [-0.1, -0.05) is 5.21 Å². The average molecular weight is 176 g/mol. The Morgan fingerprint density at radius 3 is 3.09 bits per heavy atom. The number of methoxy groups -OCH3 is 1. The number of aromatic nitrogens is 3. The zero-order valence-electron chi connectivity index (χ0n) is 6.33. The molecule has 0 atom stereocenters. The fourth-order valence-electron chi connectivity index (χ4n) is 0.694. The van der Waals surface area contributed by atoms with Crippen molar-refractivity contribution in [3.05, 3.63) is 11.9 Å². The maximum Gasteiger partial charge on any atom is 0.0974 e. The van der Waals surface area contributed by atoms with Gasteiger partial charge in [0.25, 0.3) is 0 Å². The number of halogens is 1. The third kappa shape index (κ3) is 2.48. The van der Waals surface area contributed by atoms with Crippen molar-refractivity contribution in [3.8, 4) is 0 Å². The van der Waals surface area contributed by atoms with Crippen LogP contribution in [0, 0.1) is 0 Å². The van der Waals surface area contributed by atoms with Gasteiger partial charge in [0.15, 0.2) is 0 Å². The molecule has 0 saturated heterocycles. The van der Waals surface area contributed by atoms with Gasteiger partial charge in [0, 0.05) is 13.3 Å². The van der Waals surface area contributed by atoms with Crippen LogP contribution in [0.1, 0.15) is 5.69 Å². The Balaban J connectivity index is 2.44. The number of hydrogen-bond acceptors (Lipinski definition) is 3. The Morgan fingerprint density at radius 1 is 1.73 bits per heavy atom. The molecule has 1 aromatic heterocycles. The maximum absolute atomic E-state index is 5.53. The van der Waals surface area contributed by atoms with Crippen LogP contribution < -0.4 is 0 Å². The second-order valence-corrected chi connectivity index (χ2v) is 2.37. The lowest BCUT2D eigenvalue weighted by Crippen LogP contribution is -2.04. The fourth-order valence-corrected chi connectivity index (χ4v) is 0.816. The molecule has 0 saturated carbocycles. The van der Waals surface area contributed by atoms with Crippen LogP contribution >= 0.6 is 11.6 Å². The molecule has 0 aromatic carbocycles. The lowest BCUT2D eigenvalue weighted by Gasteiger charge is -1.96. The van der Waals surface area contributed by atoms with E-state index in [9.17, 15) is 0 Å². The molecule has 11 heavy (non-hydrogen) atoms. The molecule has 0 unspecified atom stereocenters. The summed E-state index contributed by atoms with van der Waals surface area (Å²) in [5.74, 6) is 0.410. The van der Waals surface area contributed by atoms with Gasteiger partial charge < -0.3 is 4.74 Å². The lowest BCUT2D eigenvalue weighted by atomic mass is 10.5. The van der Waals surface area contributed by atoms with Crippen molar-refractivity contribution in [2.45, 2.75) is 12.4 Å². The molecule has 0 aliphatic heterocycles. The van der Waals surface area contributed by atoms with Crippen molar-refractivity contribution in [3.63, 3.8) is 0 Å². The Bertz CT molecular complexity index is 213. The van der Waals surface area contributed by atoms with Crippen molar-refractivity contribution in [2.75, 3.05) is 13.7 Å². The van der Waals surface area contributed by atoms with Crippen molar-refractivity contribution < 1.29 is 4.74 Å². The van der Waals surface area contributed by atoms with E-state index in [0.29, 0.717) is 12.5 Å². The standard InChI is InChI=1S/C6H10ClN3O/c1-11-3-2-10-5-6(4-7)8-9-10/h5H,2-4H2,1H3. The van der Waals surface area contributed by atoms with E-state index in [-0.39, 0.29) is 0 Å². The van der Waals surface area contributed by atoms with Gasteiger partial charge in [0.2, 0.25) is 0 Å². The Hall–Kier alpha value is -0.610. The summed E-state index contributed by atoms with van der Waals surface area (Å²) in [6.45, 7) is 1.37. The predicted octanol–water partition coefficient (Wildman–Crippen LogP) is 0.663. The molecule has 0 radical (unpaired) electrons. The van der Waals surface area contributed by atoms with E-state index in [1.807, 2.05) is 6.20 Å². The van der Waals surface area contributed by atoms with Gasteiger partial charge in [0.05, 0.1) is 24.7 Å². The van der Waals surface area contributed by atoms with E-state index < -0.39 is 0 Å². The van der Waals surface area contributed by atoms with Crippen molar-refractivity contribution in [2.24, 2.45) is 0 Å². The molecule has 1 heterocycles. The average Bonchev–Trinajstić information content (AvgIpc) is 2.48. The quantitative estimate of drug-likeness (QED) is 0.632. The highest BCUT2D eigenvalue weighted by molar-refractivity contribution is 6.16. The molecule has 0 fully saturated rings. The summed E-state index contributed by atoms with van der Waals surface area (Å²) >= 11 is 5.53. The van der Waals surface area contributed by atoms with Crippen LogP contribution in [-0.4, -0.2) is 28.7 Å². The summed E-state index contributed by atoms with van der Waals surface area (Å²) in [5, 5.41) is 7.64. The van der Waals surface area contributed by atoms with Crippen LogP contribution in [0.3, 0.4) is 0 Å². The van der Waals surface area contributed by atoms with Crippen LogP contribution in [0.4, 0.5) is 0 Å². The van der Waals surface area contributed by atoms with Gasteiger partial charge in [-0.15, -0.1) is 16.7 Å². The smallest absolute Gasteiger partial charge is 0.0974 e. The first-order valence-corrected chi connectivity index (χ1v) is 3.84. The largest absolute Gasteiger partial charge is 0.383 e. The molecule has 0 N–H and O–H groups in total. The third-order valence-corrected chi connectivity index (χ3v) is 1.52. The highest BCUT2D eigenvalue weighted by atomic mass is 35.5. The molecule has 62 valence electrons. The monoisotopic (exact) mass is 175 g/mol. The molecule has 1 aromatic rings. The summed E-state index contributed by atoms with van der Waals surface area (Å²) in [4.78, 5) is 0. The normalized spacial score (nSPS) is 10.4. The van der Waals surface area contributed by atoms with Gasteiger partial charge in [0.1, 0.15) is 0 Å². The maximum atomic E-state index is 5.53. The zero-order chi connectivity index (χ0) is 8.10. The Morgan fingerprint density at radius 2 is 2.55 bits per heavy atom. The molecule has 4 nitrogen and oxygen atoms in total. The zero-order valence-corrected chi connectivity index (χ0v) is 7.08. The lowest BCUT2D eigenvalue weighted by molar-refractivity contribution is 0.183. The molecule has 0 spiro atoms. The second kappa shape index (κ2) is 4.31. The van der Waals surface area contributed by atoms with E-state index in [4.69, 9.17) is 16.3 Å². The fraction of sp³-hybridized carbons (Fsp3) is 0.667. The minimum absolute atomic E-state index is 0.410. The predicted molar refractivity (Wildman–Crippen MR) is 41.5 cm³/mol. The van der Waals surface area contributed by atoms with Gasteiger partial charge in [-0.3, -0.25) is 0 Å².